The quantitative estimate of drug-likeness (QED) is 0.750. The molecule has 0 atom stereocenters. The van der Waals surface area contributed by atoms with Gasteiger partial charge in [-0.3, -0.25) is 4.79 Å². The molecule has 1 fully saturated rings. The molecule has 1 aliphatic heterocycles. The summed E-state index contributed by atoms with van der Waals surface area (Å²) in [6, 6.07) is 14.6. The lowest BCUT2D eigenvalue weighted by Gasteiger charge is -2.26. The molecule has 0 bridgehead atoms. The van der Waals surface area contributed by atoms with Gasteiger partial charge in [-0.05, 0) is 56.5 Å². The average Bonchev–Trinajstić information content (AvgIpc) is 2.75. The molecular formula is C22H29N3O3S. The Hall–Kier alpha value is -2.38. The fourth-order valence-electron chi connectivity index (χ4n) is 3.58. The third-order valence-corrected chi connectivity index (χ3v) is 7.17. The van der Waals surface area contributed by atoms with Gasteiger partial charge in [0, 0.05) is 31.0 Å². The van der Waals surface area contributed by atoms with Crippen LogP contribution >= 0.6 is 0 Å². The van der Waals surface area contributed by atoms with Gasteiger partial charge in [0.15, 0.2) is 0 Å². The number of carbonyl (C=O) groups excluding carboxylic acids is 1. The number of sulfonamides is 1. The van der Waals surface area contributed by atoms with Crippen molar-refractivity contribution < 1.29 is 13.2 Å². The van der Waals surface area contributed by atoms with Gasteiger partial charge in [0.1, 0.15) is 0 Å². The van der Waals surface area contributed by atoms with E-state index in [1.807, 2.05) is 44.2 Å². The molecule has 0 saturated carbocycles. The molecule has 0 aromatic heterocycles. The highest BCUT2D eigenvalue weighted by atomic mass is 32.2. The Labute approximate surface area is 173 Å². The summed E-state index contributed by atoms with van der Waals surface area (Å²) in [4.78, 5) is 14.7. The van der Waals surface area contributed by atoms with E-state index in [4.69, 9.17) is 0 Å². The zero-order valence-corrected chi connectivity index (χ0v) is 17.9. The minimum atomic E-state index is -3.51. The number of para-hydroxylation sites is 1. The molecule has 7 heteroatoms. The van der Waals surface area contributed by atoms with Gasteiger partial charge in [-0.25, -0.2) is 8.42 Å². The van der Waals surface area contributed by atoms with Gasteiger partial charge in [0.25, 0.3) is 0 Å². The molecule has 0 aliphatic carbocycles. The number of hydrogen-bond acceptors (Lipinski definition) is 4. The Morgan fingerprint density at radius 1 is 1.07 bits per heavy atom. The van der Waals surface area contributed by atoms with Crippen molar-refractivity contribution in [1.29, 1.82) is 0 Å². The zero-order valence-electron chi connectivity index (χ0n) is 17.1. The van der Waals surface area contributed by atoms with E-state index in [2.05, 4.69) is 5.32 Å². The molecule has 2 aromatic rings. The molecule has 6 nitrogen and oxygen atoms in total. The summed E-state index contributed by atoms with van der Waals surface area (Å²) >= 11 is 0. The number of benzene rings is 2. The maximum Gasteiger partial charge on any atom is 0.246 e. The lowest BCUT2D eigenvalue weighted by atomic mass is 10.2. The van der Waals surface area contributed by atoms with Gasteiger partial charge in [-0.1, -0.05) is 30.7 Å². The van der Waals surface area contributed by atoms with Crippen molar-refractivity contribution in [2.45, 2.75) is 38.0 Å². The summed E-state index contributed by atoms with van der Waals surface area (Å²) < 4.78 is 27.5. The van der Waals surface area contributed by atoms with Crippen LogP contribution in [-0.4, -0.2) is 44.8 Å². The normalized spacial score (nSPS) is 15.1. The number of likely N-dealkylation sites (N-methyl/N-ethyl adjacent to an activating group) is 1. The maximum absolute atomic E-state index is 13.0. The highest BCUT2D eigenvalue weighted by Gasteiger charge is 2.26. The van der Waals surface area contributed by atoms with Gasteiger partial charge in [-0.15, -0.1) is 0 Å². The summed E-state index contributed by atoms with van der Waals surface area (Å²) in [6.45, 7) is 5.63. The minimum absolute atomic E-state index is 0.0672. The SMILES string of the molecule is CCN(C(=O)CNc1cc(S(=O)(=O)N2CCCCC2)ccc1C)c1ccccc1. The summed E-state index contributed by atoms with van der Waals surface area (Å²) in [6.07, 6.45) is 2.87. The fourth-order valence-corrected chi connectivity index (χ4v) is 5.13. The predicted molar refractivity (Wildman–Crippen MR) is 117 cm³/mol. The second kappa shape index (κ2) is 9.41. The number of anilines is 2. The molecule has 1 N–H and O–H groups in total. The molecule has 0 radical (unpaired) electrons. The highest BCUT2D eigenvalue weighted by Crippen LogP contribution is 2.25. The van der Waals surface area contributed by atoms with E-state index >= 15 is 0 Å². The van der Waals surface area contributed by atoms with Crippen molar-refractivity contribution in [3.63, 3.8) is 0 Å². The van der Waals surface area contributed by atoms with Crippen LogP contribution in [0.1, 0.15) is 31.7 Å². The van der Waals surface area contributed by atoms with Crippen LogP contribution in [0.25, 0.3) is 0 Å². The van der Waals surface area contributed by atoms with E-state index in [0.29, 0.717) is 25.3 Å². The topological polar surface area (TPSA) is 69.7 Å². The second-order valence-electron chi connectivity index (χ2n) is 7.27. The van der Waals surface area contributed by atoms with Crippen LogP contribution in [0.4, 0.5) is 11.4 Å². The largest absolute Gasteiger partial charge is 0.376 e. The van der Waals surface area contributed by atoms with Crippen LogP contribution in [0.15, 0.2) is 53.4 Å². The number of rotatable bonds is 7. The van der Waals surface area contributed by atoms with E-state index in [0.717, 1.165) is 30.5 Å². The minimum Gasteiger partial charge on any atom is -0.376 e. The summed E-state index contributed by atoms with van der Waals surface area (Å²) in [5.41, 5.74) is 2.42. The van der Waals surface area contributed by atoms with Crippen LogP contribution in [-0.2, 0) is 14.8 Å². The lowest BCUT2D eigenvalue weighted by Crippen LogP contribution is -2.36. The Morgan fingerprint density at radius 3 is 2.41 bits per heavy atom. The predicted octanol–water partition coefficient (Wildman–Crippen LogP) is 3.63. The molecule has 1 aliphatic rings. The van der Waals surface area contributed by atoms with Crippen molar-refractivity contribution >= 4 is 27.3 Å². The van der Waals surface area contributed by atoms with E-state index in [1.54, 1.807) is 27.4 Å². The van der Waals surface area contributed by atoms with Gasteiger partial charge in [0.05, 0.1) is 11.4 Å². The third-order valence-electron chi connectivity index (χ3n) is 5.28. The molecule has 156 valence electrons. The molecule has 1 heterocycles. The zero-order chi connectivity index (χ0) is 20.9. The monoisotopic (exact) mass is 415 g/mol. The van der Waals surface area contributed by atoms with Crippen molar-refractivity contribution in [3.8, 4) is 0 Å². The first-order valence-corrected chi connectivity index (χ1v) is 11.6. The Kier molecular flexibility index (Phi) is 6.92. The molecule has 2 aromatic carbocycles. The Bertz CT molecular complexity index is 939. The molecule has 1 saturated heterocycles. The first kappa shape index (κ1) is 21.3. The second-order valence-corrected chi connectivity index (χ2v) is 9.21. The molecule has 3 rings (SSSR count). The number of nitrogens with one attached hydrogen (secondary N) is 1. The standard InChI is InChI=1S/C22H29N3O3S/c1-3-25(19-10-6-4-7-11-19)22(26)17-23-21-16-20(13-12-18(21)2)29(27,28)24-14-8-5-9-15-24/h4,6-7,10-13,16,23H,3,5,8-9,14-15,17H2,1-2H3. The van der Waals surface area contributed by atoms with E-state index in [9.17, 15) is 13.2 Å². The van der Waals surface area contributed by atoms with Gasteiger partial charge in [0.2, 0.25) is 15.9 Å². The number of piperidine rings is 1. The highest BCUT2D eigenvalue weighted by molar-refractivity contribution is 7.89. The maximum atomic E-state index is 13.0. The van der Waals surface area contributed by atoms with Crippen LogP contribution in [0.3, 0.4) is 0 Å². The van der Waals surface area contributed by atoms with E-state index in [-0.39, 0.29) is 17.3 Å². The number of amides is 1. The number of carbonyl (C=O) groups is 1. The molecule has 29 heavy (non-hydrogen) atoms. The molecule has 0 unspecified atom stereocenters. The van der Waals surface area contributed by atoms with Crippen molar-refractivity contribution in [2.75, 3.05) is 36.4 Å². The summed E-state index contributed by atoms with van der Waals surface area (Å²) in [7, 11) is -3.51. The first-order chi connectivity index (χ1) is 13.9. The first-order valence-electron chi connectivity index (χ1n) is 10.1. The van der Waals surface area contributed by atoms with E-state index < -0.39 is 10.0 Å². The average molecular weight is 416 g/mol. The number of nitrogens with zero attached hydrogens (tertiary/aromatic N) is 2. The van der Waals surface area contributed by atoms with E-state index in [1.165, 1.54) is 0 Å². The van der Waals surface area contributed by atoms with Gasteiger partial charge >= 0.3 is 0 Å². The van der Waals surface area contributed by atoms with Crippen LogP contribution in [0.2, 0.25) is 0 Å². The van der Waals surface area contributed by atoms with Crippen LogP contribution in [0, 0.1) is 6.92 Å². The summed E-state index contributed by atoms with van der Waals surface area (Å²) in [5.74, 6) is -0.0672. The number of aryl methyl sites for hydroxylation is 1. The molecule has 0 spiro atoms. The third kappa shape index (κ3) is 4.97. The lowest BCUT2D eigenvalue weighted by molar-refractivity contribution is -0.116. The molecular weight excluding hydrogens is 386 g/mol. The Morgan fingerprint density at radius 2 is 1.76 bits per heavy atom. The smallest absolute Gasteiger partial charge is 0.246 e. The van der Waals surface area contributed by atoms with Crippen LogP contribution in [0.5, 0.6) is 0 Å². The Balaban J connectivity index is 1.74. The van der Waals surface area contributed by atoms with Crippen molar-refractivity contribution in [1.82, 2.24) is 4.31 Å². The fraction of sp³-hybridized carbons (Fsp3) is 0.409. The molecule has 1 amide bonds. The van der Waals surface area contributed by atoms with Gasteiger partial charge < -0.3 is 10.2 Å². The van der Waals surface area contributed by atoms with Crippen molar-refractivity contribution in [2.24, 2.45) is 0 Å². The summed E-state index contributed by atoms with van der Waals surface area (Å²) in [5, 5.41) is 3.14. The van der Waals surface area contributed by atoms with Crippen LogP contribution < -0.4 is 10.2 Å². The number of hydrogen-bond donors (Lipinski definition) is 1. The van der Waals surface area contributed by atoms with Crippen molar-refractivity contribution in [3.05, 3.63) is 54.1 Å². The van der Waals surface area contributed by atoms with Gasteiger partial charge in [-0.2, -0.15) is 4.31 Å².